The number of nitrogens with zero attached hydrogens (tertiary/aromatic N) is 1. The maximum absolute atomic E-state index is 11.7. The monoisotopic (exact) mass is 284 g/mol. The van der Waals surface area contributed by atoms with Gasteiger partial charge < -0.3 is 20.1 Å². The zero-order valence-electron chi connectivity index (χ0n) is 11.9. The van der Waals surface area contributed by atoms with Crippen molar-refractivity contribution in [1.82, 2.24) is 10.5 Å². The SMILES string of the molecule is Cc1noc(C)c1CCC(=O)NCC(C)(O)CC(=O)O. The lowest BCUT2D eigenvalue weighted by Gasteiger charge is -2.21. The number of carbonyl (C=O) groups is 2. The highest BCUT2D eigenvalue weighted by Crippen LogP contribution is 2.14. The maximum Gasteiger partial charge on any atom is 0.306 e. The number of aryl methyl sites for hydroxylation is 2. The number of aromatic nitrogens is 1. The summed E-state index contributed by atoms with van der Waals surface area (Å²) in [6.07, 6.45) is 0.303. The van der Waals surface area contributed by atoms with Gasteiger partial charge in [0.05, 0.1) is 17.7 Å². The van der Waals surface area contributed by atoms with E-state index in [1.165, 1.54) is 6.92 Å². The molecule has 0 saturated carbocycles. The van der Waals surface area contributed by atoms with Crippen molar-refractivity contribution < 1.29 is 24.3 Å². The first-order valence-electron chi connectivity index (χ1n) is 6.34. The number of carbonyl (C=O) groups excluding carboxylic acids is 1. The third-order valence-electron chi connectivity index (χ3n) is 2.98. The molecule has 1 rings (SSSR count). The molecule has 0 aliphatic rings. The lowest BCUT2D eigenvalue weighted by atomic mass is 10.0. The molecule has 0 aliphatic heterocycles. The number of hydrogen-bond acceptors (Lipinski definition) is 5. The number of carboxylic acids is 1. The highest BCUT2D eigenvalue weighted by atomic mass is 16.5. The number of carboxylic acid groups (broad SMARTS) is 1. The van der Waals surface area contributed by atoms with Crippen molar-refractivity contribution in [2.24, 2.45) is 0 Å². The summed E-state index contributed by atoms with van der Waals surface area (Å²) in [7, 11) is 0. The zero-order valence-corrected chi connectivity index (χ0v) is 11.9. The standard InChI is InChI=1S/C13H20N2O5/c1-8-10(9(2)20-15-8)4-5-11(16)14-7-13(3,19)6-12(17)18/h19H,4-7H2,1-3H3,(H,14,16)(H,17,18). The highest BCUT2D eigenvalue weighted by Gasteiger charge is 2.24. The fraction of sp³-hybridized carbons (Fsp3) is 0.615. The quantitative estimate of drug-likeness (QED) is 0.674. The first kappa shape index (κ1) is 16.2. The normalized spacial score (nSPS) is 13.8. The molecule has 1 unspecified atom stereocenters. The van der Waals surface area contributed by atoms with Gasteiger partial charge in [0.25, 0.3) is 0 Å². The van der Waals surface area contributed by atoms with Gasteiger partial charge in [0.2, 0.25) is 5.91 Å². The van der Waals surface area contributed by atoms with E-state index in [0.717, 1.165) is 11.3 Å². The Morgan fingerprint density at radius 1 is 1.40 bits per heavy atom. The molecule has 1 heterocycles. The summed E-state index contributed by atoms with van der Waals surface area (Å²) in [5, 5.41) is 24.7. The van der Waals surface area contributed by atoms with Crippen molar-refractivity contribution in [1.29, 1.82) is 0 Å². The van der Waals surface area contributed by atoms with Crippen LogP contribution in [0.5, 0.6) is 0 Å². The van der Waals surface area contributed by atoms with E-state index in [1.807, 2.05) is 0 Å². The van der Waals surface area contributed by atoms with Crippen LogP contribution >= 0.6 is 0 Å². The van der Waals surface area contributed by atoms with Crippen molar-refractivity contribution in [3.8, 4) is 0 Å². The van der Waals surface area contributed by atoms with E-state index in [9.17, 15) is 14.7 Å². The molecule has 0 radical (unpaired) electrons. The van der Waals surface area contributed by atoms with Gasteiger partial charge in [-0.2, -0.15) is 0 Å². The first-order valence-corrected chi connectivity index (χ1v) is 6.34. The minimum Gasteiger partial charge on any atom is -0.481 e. The predicted octanol–water partition coefficient (Wildman–Crippen LogP) is 0.566. The van der Waals surface area contributed by atoms with Gasteiger partial charge in [-0.05, 0) is 27.2 Å². The number of amides is 1. The smallest absolute Gasteiger partial charge is 0.306 e. The third-order valence-corrected chi connectivity index (χ3v) is 2.98. The van der Waals surface area contributed by atoms with E-state index in [0.29, 0.717) is 12.2 Å². The molecule has 0 saturated heterocycles. The maximum atomic E-state index is 11.7. The van der Waals surface area contributed by atoms with Crippen molar-refractivity contribution in [2.75, 3.05) is 6.54 Å². The molecule has 20 heavy (non-hydrogen) atoms. The van der Waals surface area contributed by atoms with E-state index in [4.69, 9.17) is 9.63 Å². The summed E-state index contributed by atoms with van der Waals surface area (Å²) < 4.78 is 5.00. The second kappa shape index (κ2) is 6.51. The van der Waals surface area contributed by atoms with Crippen molar-refractivity contribution in [2.45, 2.75) is 45.6 Å². The van der Waals surface area contributed by atoms with Crippen LogP contribution in [0, 0.1) is 13.8 Å². The second-order valence-electron chi connectivity index (χ2n) is 5.15. The Labute approximate surface area is 117 Å². The van der Waals surface area contributed by atoms with Gasteiger partial charge in [-0.1, -0.05) is 5.16 Å². The van der Waals surface area contributed by atoms with E-state index >= 15 is 0 Å². The molecular weight excluding hydrogens is 264 g/mol. The van der Waals surface area contributed by atoms with Crippen LogP contribution in [0.25, 0.3) is 0 Å². The van der Waals surface area contributed by atoms with Gasteiger partial charge in [0.1, 0.15) is 5.76 Å². The van der Waals surface area contributed by atoms with Crippen LogP contribution in [0.15, 0.2) is 4.52 Å². The van der Waals surface area contributed by atoms with Crippen molar-refractivity contribution >= 4 is 11.9 Å². The Morgan fingerprint density at radius 3 is 2.55 bits per heavy atom. The second-order valence-corrected chi connectivity index (χ2v) is 5.15. The Morgan fingerprint density at radius 2 is 2.05 bits per heavy atom. The molecule has 0 aliphatic carbocycles. The summed E-state index contributed by atoms with van der Waals surface area (Å²) in [6, 6.07) is 0. The van der Waals surface area contributed by atoms with E-state index in [-0.39, 0.29) is 18.9 Å². The molecule has 7 nitrogen and oxygen atoms in total. The third kappa shape index (κ3) is 5.00. The fourth-order valence-corrected chi connectivity index (χ4v) is 1.86. The van der Waals surface area contributed by atoms with Crippen LogP contribution < -0.4 is 5.32 Å². The minimum atomic E-state index is -1.45. The van der Waals surface area contributed by atoms with Gasteiger partial charge in [0, 0.05) is 18.5 Å². The lowest BCUT2D eigenvalue weighted by molar-refractivity contribution is -0.142. The van der Waals surface area contributed by atoms with Crippen LogP contribution in [-0.2, 0) is 16.0 Å². The molecule has 0 aromatic carbocycles. The highest BCUT2D eigenvalue weighted by molar-refractivity contribution is 5.76. The Kier molecular flexibility index (Phi) is 5.26. The molecule has 1 aromatic heterocycles. The van der Waals surface area contributed by atoms with Crippen molar-refractivity contribution in [3.05, 3.63) is 17.0 Å². The molecule has 112 valence electrons. The van der Waals surface area contributed by atoms with E-state index in [2.05, 4.69) is 10.5 Å². The Balaban J connectivity index is 2.40. The van der Waals surface area contributed by atoms with Crippen LogP contribution in [0.2, 0.25) is 0 Å². The average Bonchev–Trinajstić information content (AvgIpc) is 2.62. The Hall–Kier alpha value is -1.89. The van der Waals surface area contributed by atoms with Crippen LogP contribution in [0.3, 0.4) is 0 Å². The average molecular weight is 284 g/mol. The summed E-state index contributed by atoms with van der Waals surface area (Å²) >= 11 is 0. The molecule has 1 aromatic rings. The first-order chi connectivity index (χ1) is 9.21. The molecule has 0 spiro atoms. The minimum absolute atomic E-state index is 0.0975. The molecule has 3 N–H and O–H groups in total. The molecular formula is C13H20N2O5. The van der Waals surface area contributed by atoms with Crippen molar-refractivity contribution in [3.63, 3.8) is 0 Å². The van der Waals surface area contributed by atoms with E-state index < -0.39 is 18.0 Å². The number of aliphatic hydroxyl groups is 1. The number of hydrogen-bond donors (Lipinski definition) is 3. The van der Waals surface area contributed by atoms with Gasteiger partial charge in [-0.25, -0.2) is 0 Å². The van der Waals surface area contributed by atoms with Gasteiger partial charge >= 0.3 is 5.97 Å². The molecule has 7 heteroatoms. The van der Waals surface area contributed by atoms with Crippen LogP contribution in [-0.4, -0.2) is 39.4 Å². The molecule has 1 atom stereocenters. The topological polar surface area (TPSA) is 113 Å². The van der Waals surface area contributed by atoms with Gasteiger partial charge in [0.15, 0.2) is 0 Å². The predicted molar refractivity (Wildman–Crippen MR) is 70.2 cm³/mol. The molecule has 0 bridgehead atoms. The summed E-state index contributed by atoms with van der Waals surface area (Å²) in [6.45, 7) is 4.86. The summed E-state index contributed by atoms with van der Waals surface area (Å²) in [5.41, 5.74) is 0.204. The van der Waals surface area contributed by atoms with Gasteiger partial charge in [-0.3, -0.25) is 9.59 Å². The number of nitrogens with one attached hydrogen (secondary N) is 1. The van der Waals surface area contributed by atoms with E-state index in [1.54, 1.807) is 13.8 Å². The van der Waals surface area contributed by atoms with Gasteiger partial charge in [-0.15, -0.1) is 0 Å². The fourth-order valence-electron chi connectivity index (χ4n) is 1.86. The number of aliphatic carboxylic acids is 1. The lowest BCUT2D eigenvalue weighted by Crippen LogP contribution is -2.42. The van der Waals surface area contributed by atoms with Crippen LogP contribution in [0.4, 0.5) is 0 Å². The van der Waals surface area contributed by atoms with Crippen LogP contribution in [0.1, 0.15) is 36.8 Å². The molecule has 1 amide bonds. The summed E-state index contributed by atoms with van der Waals surface area (Å²) in [5.74, 6) is -0.677. The number of rotatable bonds is 7. The Bertz CT molecular complexity index is 473. The summed E-state index contributed by atoms with van der Waals surface area (Å²) in [4.78, 5) is 22.2. The zero-order chi connectivity index (χ0) is 15.3. The largest absolute Gasteiger partial charge is 0.481 e. The molecule has 0 fully saturated rings.